The maximum absolute atomic E-state index is 5.09. The van der Waals surface area contributed by atoms with Crippen molar-refractivity contribution in [2.45, 2.75) is 0 Å². The van der Waals surface area contributed by atoms with Crippen molar-refractivity contribution in [3.63, 3.8) is 0 Å². The van der Waals surface area contributed by atoms with Gasteiger partial charge in [0.05, 0.1) is 33.1 Å². The molecular formula is C46H29N5. The third-order valence-electron chi connectivity index (χ3n) is 10.3. The molecule has 5 nitrogen and oxygen atoms in total. The minimum absolute atomic E-state index is 0.644. The van der Waals surface area contributed by atoms with Gasteiger partial charge in [0.15, 0.2) is 0 Å². The number of benzene rings is 7. The van der Waals surface area contributed by atoms with Gasteiger partial charge in [-0.1, -0.05) is 103 Å². The molecule has 0 saturated carbocycles. The normalized spacial score (nSPS) is 11.9. The van der Waals surface area contributed by atoms with Crippen LogP contribution < -0.4 is 0 Å². The molecule has 11 aromatic rings. The van der Waals surface area contributed by atoms with Crippen LogP contribution in [0, 0.1) is 0 Å². The van der Waals surface area contributed by atoms with E-state index in [0.717, 1.165) is 44.6 Å². The molecule has 0 aliphatic rings. The van der Waals surface area contributed by atoms with Gasteiger partial charge in [-0.25, -0.2) is 9.97 Å². The Labute approximate surface area is 292 Å². The monoisotopic (exact) mass is 651 g/mol. The lowest BCUT2D eigenvalue weighted by Gasteiger charge is -2.10. The van der Waals surface area contributed by atoms with Crippen molar-refractivity contribution in [1.82, 2.24) is 23.7 Å². The van der Waals surface area contributed by atoms with Gasteiger partial charge in [0.25, 0.3) is 0 Å². The van der Waals surface area contributed by atoms with Gasteiger partial charge >= 0.3 is 0 Å². The van der Waals surface area contributed by atoms with Gasteiger partial charge in [0.2, 0.25) is 5.95 Å². The summed E-state index contributed by atoms with van der Waals surface area (Å²) in [4.78, 5) is 10.2. The van der Waals surface area contributed by atoms with E-state index in [1.165, 1.54) is 43.4 Å². The standard InChI is InChI=1S/C46H29N5/c1-3-14-31(15-4-1)49-41-24-12-9-20-36(41)45-33(21-13-25-42(45)49)30-28-47-46(48-29-30)51-40-23-11-8-19-35(40)38-26-37-34-18-7-10-22-39(34)50(43(37)27-44(38)51)32-16-5-2-6-17-32/h1-29H. The van der Waals surface area contributed by atoms with Gasteiger partial charge < -0.3 is 9.13 Å². The molecule has 0 spiro atoms. The van der Waals surface area contributed by atoms with Gasteiger partial charge in [-0.3, -0.25) is 4.57 Å². The summed E-state index contributed by atoms with van der Waals surface area (Å²) in [6.07, 6.45) is 3.96. The Morgan fingerprint density at radius 1 is 0.333 bits per heavy atom. The fourth-order valence-electron chi connectivity index (χ4n) is 8.19. The Morgan fingerprint density at radius 2 is 0.804 bits per heavy atom. The van der Waals surface area contributed by atoms with Crippen LogP contribution in [0.2, 0.25) is 0 Å². The summed E-state index contributed by atoms with van der Waals surface area (Å²) in [6.45, 7) is 0. The van der Waals surface area contributed by atoms with Crippen molar-refractivity contribution in [2.24, 2.45) is 0 Å². The number of nitrogens with zero attached hydrogens (tertiary/aromatic N) is 5. The molecule has 11 rings (SSSR count). The van der Waals surface area contributed by atoms with E-state index in [-0.39, 0.29) is 0 Å². The Kier molecular flexibility index (Phi) is 5.89. The van der Waals surface area contributed by atoms with Crippen LogP contribution in [0.4, 0.5) is 0 Å². The zero-order chi connectivity index (χ0) is 33.5. The Bertz CT molecular complexity index is 3110. The maximum Gasteiger partial charge on any atom is 0.234 e. The van der Waals surface area contributed by atoms with Crippen LogP contribution in [0.15, 0.2) is 176 Å². The van der Waals surface area contributed by atoms with E-state index in [4.69, 9.17) is 9.97 Å². The first-order valence-electron chi connectivity index (χ1n) is 17.3. The molecule has 0 aliphatic heterocycles. The molecular weight excluding hydrogens is 623 g/mol. The van der Waals surface area contributed by atoms with E-state index in [1.807, 2.05) is 12.4 Å². The Balaban J connectivity index is 1.13. The zero-order valence-electron chi connectivity index (χ0n) is 27.5. The smallest absolute Gasteiger partial charge is 0.234 e. The van der Waals surface area contributed by atoms with E-state index in [9.17, 15) is 0 Å². The molecule has 0 radical (unpaired) electrons. The summed E-state index contributed by atoms with van der Waals surface area (Å²) in [5.74, 6) is 0.644. The number of hydrogen-bond acceptors (Lipinski definition) is 2. The number of hydrogen-bond donors (Lipinski definition) is 0. The van der Waals surface area contributed by atoms with E-state index in [2.05, 4.69) is 177 Å². The summed E-state index contributed by atoms with van der Waals surface area (Å²) >= 11 is 0. The van der Waals surface area contributed by atoms with Crippen LogP contribution in [0.1, 0.15) is 0 Å². The SMILES string of the molecule is c1ccc(-n2c3ccccc3c3cc4c5ccccc5n(-c5ncc(-c6cccc7c6c6ccccc6n7-c6ccccc6)cn5)c4cc32)cc1. The van der Waals surface area contributed by atoms with Gasteiger partial charge in [0.1, 0.15) is 0 Å². The van der Waals surface area contributed by atoms with Crippen LogP contribution >= 0.6 is 0 Å². The Hall–Kier alpha value is -6.98. The van der Waals surface area contributed by atoms with Crippen molar-refractivity contribution < 1.29 is 0 Å². The molecule has 51 heavy (non-hydrogen) atoms. The first-order valence-corrected chi connectivity index (χ1v) is 17.3. The quantitative estimate of drug-likeness (QED) is 0.190. The predicted octanol–water partition coefficient (Wildman–Crippen LogP) is 11.4. The fourth-order valence-corrected chi connectivity index (χ4v) is 8.19. The van der Waals surface area contributed by atoms with E-state index in [0.29, 0.717) is 5.95 Å². The summed E-state index contributed by atoms with van der Waals surface area (Å²) in [7, 11) is 0. The molecule has 0 unspecified atom stereocenters. The minimum Gasteiger partial charge on any atom is -0.309 e. The second-order valence-corrected chi connectivity index (χ2v) is 13.1. The first-order chi connectivity index (χ1) is 25.3. The minimum atomic E-state index is 0.644. The van der Waals surface area contributed by atoms with Crippen molar-refractivity contribution in [2.75, 3.05) is 0 Å². The second kappa shape index (κ2) is 10.8. The molecule has 4 heterocycles. The molecule has 238 valence electrons. The predicted molar refractivity (Wildman–Crippen MR) is 210 cm³/mol. The highest BCUT2D eigenvalue weighted by molar-refractivity contribution is 6.19. The molecule has 0 amide bonds. The summed E-state index contributed by atoms with van der Waals surface area (Å²) in [6, 6.07) is 58.2. The number of para-hydroxylation sites is 5. The van der Waals surface area contributed by atoms with Gasteiger partial charge in [-0.15, -0.1) is 0 Å². The first kappa shape index (κ1) is 27.9. The summed E-state index contributed by atoms with van der Waals surface area (Å²) < 4.78 is 6.92. The topological polar surface area (TPSA) is 40.6 Å². The third-order valence-corrected chi connectivity index (χ3v) is 10.3. The van der Waals surface area contributed by atoms with Crippen LogP contribution in [0.5, 0.6) is 0 Å². The van der Waals surface area contributed by atoms with Gasteiger partial charge in [0, 0.05) is 61.6 Å². The van der Waals surface area contributed by atoms with Crippen molar-refractivity contribution in [3.05, 3.63) is 176 Å². The van der Waals surface area contributed by atoms with Crippen molar-refractivity contribution in [1.29, 1.82) is 0 Å². The third kappa shape index (κ3) is 4.03. The number of fused-ring (bicyclic) bond motifs is 9. The highest BCUT2D eigenvalue weighted by Crippen LogP contribution is 2.41. The molecule has 7 aromatic carbocycles. The molecule has 0 fully saturated rings. The van der Waals surface area contributed by atoms with Crippen LogP contribution in [0.3, 0.4) is 0 Å². The molecule has 0 N–H and O–H groups in total. The Morgan fingerprint density at radius 3 is 1.43 bits per heavy atom. The molecule has 5 heteroatoms. The molecule has 0 aliphatic carbocycles. The average molecular weight is 652 g/mol. The lowest BCUT2D eigenvalue weighted by Crippen LogP contribution is -2.01. The maximum atomic E-state index is 5.09. The highest BCUT2D eigenvalue weighted by Gasteiger charge is 2.20. The van der Waals surface area contributed by atoms with Crippen molar-refractivity contribution in [3.8, 4) is 28.5 Å². The fraction of sp³-hybridized carbons (Fsp3) is 0. The van der Waals surface area contributed by atoms with Crippen LogP contribution in [-0.4, -0.2) is 23.7 Å². The van der Waals surface area contributed by atoms with E-state index >= 15 is 0 Å². The largest absolute Gasteiger partial charge is 0.309 e. The van der Waals surface area contributed by atoms with E-state index in [1.54, 1.807) is 0 Å². The molecule has 0 atom stereocenters. The molecule has 4 aromatic heterocycles. The van der Waals surface area contributed by atoms with E-state index < -0.39 is 0 Å². The number of rotatable bonds is 4. The number of aromatic nitrogens is 5. The van der Waals surface area contributed by atoms with Gasteiger partial charge in [-0.2, -0.15) is 0 Å². The lowest BCUT2D eigenvalue weighted by molar-refractivity contribution is 0.990. The van der Waals surface area contributed by atoms with Crippen molar-refractivity contribution >= 4 is 65.4 Å². The van der Waals surface area contributed by atoms with Gasteiger partial charge in [-0.05, 0) is 66.2 Å². The zero-order valence-corrected chi connectivity index (χ0v) is 27.5. The van der Waals surface area contributed by atoms with Crippen LogP contribution in [0.25, 0.3) is 93.9 Å². The second-order valence-electron chi connectivity index (χ2n) is 13.1. The summed E-state index contributed by atoms with van der Waals surface area (Å²) in [5, 5.41) is 7.22. The average Bonchev–Trinajstić information content (AvgIpc) is 3.83. The molecule has 0 saturated heterocycles. The lowest BCUT2D eigenvalue weighted by atomic mass is 10.0. The van der Waals surface area contributed by atoms with Crippen LogP contribution in [-0.2, 0) is 0 Å². The molecule has 0 bridgehead atoms. The highest BCUT2D eigenvalue weighted by atomic mass is 15.2. The summed E-state index contributed by atoms with van der Waals surface area (Å²) in [5.41, 5.74) is 11.2.